The van der Waals surface area contributed by atoms with Crippen molar-refractivity contribution in [2.45, 2.75) is 48.8 Å². The van der Waals surface area contributed by atoms with E-state index in [1.165, 1.54) is 11.8 Å². The molecule has 0 unspecified atom stereocenters. The molecule has 21 heavy (non-hydrogen) atoms. The molecule has 0 radical (unpaired) electrons. The lowest BCUT2D eigenvalue weighted by atomic mass is 10.2. The van der Waals surface area contributed by atoms with Gasteiger partial charge in [0.05, 0.1) is 0 Å². The molecule has 1 aliphatic rings. The normalized spacial score (nSPS) is 14.7. The van der Waals surface area contributed by atoms with Crippen LogP contribution in [0.3, 0.4) is 0 Å². The van der Waals surface area contributed by atoms with Gasteiger partial charge in [-0.2, -0.15) is 0 Å². The van der Waals surface area contributed by atoms with Gasteiger partial charge in [-0.1, -0.05) is 13.8 Å². The number of aromatic nitrogens is 5. The number of H-pyrrole nitrogens is 1. The second kappa shape index (κ2) is 5.51. The summed E-state index contributed by atoms with van der Waals surface area (Å²) in [4.78, 5) is 20.8. The Kier molecular flexibility index (Phi) is 3.71. The number of nitrogens with one attached hydrogen (secondary N) is 2. The second-order valence-corrected chi connectivity index (χ2v) is 6.36. The summed E-state index contributed by atoms with van der Waals surface area (Å²) < 4.78 is 1.72. The van der Waals surface area contributed by atoms with Crippen LogP contribution in [0.5, 0.6) is 0 Å². The van der Waals surface area contributed by atoms with E-state index in [0.29, 0.717) is 5.16 Å². The zero-order chi connectivity index (χ0) is 15.0. The van der Waals surface area contributed by atoms with Crippen LogP contribution in [0.1, 0.15) is 44.5 Å². The average molecular weight is 306 g/mol. The molecule has 0 aromatic carbocycles. The van der Waals surface area contributed by atoms with Crippen molar-refractivity contribution in [3.05, 3.63) is 22.4 Å². The molecule has 0 spiro atoms. The Morgan fingerprint density at radius 1 is 1.43 bits per heavy atom. The Balaban J connectivity index is 1.94. The summed E-state index contributed by atoms with van der Waals surface area (Å²) >= 11 is 1.39. The molecule has 2 aromatic heterocycles. The SMILES string of the molecule is CNc1cc(Sc2n[nH]c(=O)n2C2CC2)nc(C(C)C)n1. The van der Waals surface area contributed by atoms with Gasteiger partial charge in [0, 0.05) is 25.1 Å². The Morgan fingerprint density at radius 3 is 2.81 bits per heavy atom. The zero-order valence-corrected chi connectivity index (χ0v) is 13.1. The van der Waals surface area contributed by atoms with Crippen LogP contribution in [-0.4, -0.2) is 31.8 Å². The summed E-state index contributed by atoms with van der Waals surface area (Å²) in [5, 5.41) is 11.1. The van der Waals surface area contributed by atoms with Crippen LogP contribution in [0.4, 0.5) is 5.82 Å². The number of hydrogen-bond donors (Lipinski definition) is 2. The summed E-state index contributed by atoms with van der Waals surface area (Å²) in [5.74, 6) is 1.79. The summed E-state index contributed by atoms with van der Waals surface area (Å²) in [6.45, 7) is 4.11. The van der Waals surface area contributed by atoms with E-state index in [1.54, 1.807) is 4.57 Å². The fraction of sp³-hybridized carbons (Fsp3) is 0.538. The third kappa shape index (κ3) is 2.94. The Hall–Kier alpha value is -1.83. The third-order valence-corrected chi connectivity index (χ3v) is 4.16. The number of anilines is 1. The molecular formula is C13H18N6OS. The summed E-state index contributed by atoms with van der Waals surface area (Å²) in [6.07, 6.45) is 2.07. The monoisotopic (exact) mass is 306 g/mol. The molecule has 1 fully saturated rings. The Bertz CT molecular complexity index is 703. The maximum absolute atomic E-state index is 11.8. The van der Waals surface area contributed by atoms with Gasteiger partial charge in [-0.25, -0.2) is 19.9 Å². The van der Waals surface area contributed by atoms with Crippen LogP contribution >= 0.6 is 11.8 Å². The lowest BCUT2D eigenvalue weighted by molar-refractivity contribution is 0.641. The van der Waals surface area contributed by atoms with Crippen LogP contribution < -0.4 is 11.0 Å². The first-order chi connectivity index (χ1) is 10.1. The predicted molar refractivity (Wildman–Crippen MR) is 80.9 cm³/mol. The lowest BCUT2D eigenvalue weighted by Crippen LogP contribution is -2.16. The molecule has 0 saturated heterocycles. The van der Waals surface area contributed by atoms with Crippen molar-refractivity contribution in [1.29, 1.82) is 0 Å². The Morgan fingerprint density at radius 2 is 2.19 bits per heavy atom. The van der Waals surface area contributed by atoms with E-state index in [2.05, 4.69) is 39.3 Å². The molecule has 8 heteroatoms. The maximum atomic E-state index is 11.8. The maximum Gasteiger partial charge on any atom is 0.344 e. The first kappa shape index (κ1) is 14.1. The standard InChI is InChI=1S/C13H18N6OS/c1-7(2)11-15-9(14-3)6-10(16-11)21-13-18-17-12(20)19(13)8-4-5-8/h6-8H,4-5H2,1-3H3,(H,17,20)(H,14,15,16). The molecule has 1 saturated carbocycles. The molecule has 0 amide bonds. The van der Waals surface area contributed by atoms with Gasteiger partial charge < -0.3 is 5.32 Å². The quantitative estimate of drug-likeness (QED) is 0.822. The smallest absolute Gasteiger partial charge is 0.344 e. The van der Waals surface area contributed by atoms with Gasteiger partial charge in [0.1, 0.15) is 16.7 Å². The van der Waals surface area contributed by atoms with Crippen molar-refractivity contribution in [1.82, 2.24) is 24.7 Å². The molecule has 2 aromatic rings. The van der Waals surface area contributed by atoms with Crippen molar-refractivity contribution < 1.29 is 0 Å². The van der Waals surface area contributed by atoms with Crippen LogP contribution in [0.2, 0.25) is 0 Å². The minimum absolute atomic E-state index is 0.146. The summed E-state index contributed by atoms with van der Waals surface area (Å²) in [7, 11) is 1.83. The highest BCUT2D eigenvalue weighted by molar-refractivity contribution is 7.99. The molecule has 112 valence electrons. The fourth-order valence-corrected chi connectivity index (χ4v) is 2.91. The number of aromatic amines is 1. The van der Waals surface area contributed by atoms with Crippen molar-refractivity contribution in [2.24, 2.45) is 0 Å². The highest BCUT2D eigenvalue weighted by Gasteiger charge is 2.29. The number of hydrogen-bond acceptors (Lipinski definition) is 6. The fourth-order valence-electron chi connectivity index (χ4n) is 1.99. The van der Waals surface area contributed by atoms with Gasteiger partial charge in [0.15, 0.2) is 5.16 Å². The molecule has 0 aliphatic heterocycles. The van der Waals surface area contributed by atoms with E-state index in [1.807, 2.05) is 13.1 Å². The van der Waals surface area contributed by atoms with Crippen LogP contribution in [-0.2, 0) is 0 Å². The van der Waals surface area contributed by atoms with Gasteiger partial charge in [-0.15, -0.1) is 5.10 Å². The van der Waals surface area contributed by atoms with Gasteiger partial charge in [-0.05, 0) is 24.6 Å². The number of rotatable bonds is 5. The summed E-state index contributed by atoms with van der Waals surface area (Å²) in [6, 6.07) is 2.15. The summed E-state index contributed by atoms with van der Waals surface area (Å²) in [5.41, 5.74) is -0.146. The van der Waals surface area contributed by atoms with Crippen LogP contribution in [0, 0.1) is 0 Å². The molecule has 1 aliphatic carbocycles. The van der Waals surface area contributed by atoms with Gasteiger partial charge in [-0.3, -0.25) is 4.57 Å². The highest BCUT2D eigenvalue weighted by atomic mass is 32.2. The van der Waals surface area contributed by atoms with E-state index >= 15 is 0 Å². The molecule has 0 atom stereocenters. The van der Waals surface area contributed by atoms with E-state index < -0.39 is 0 Å². The zero-order valence-electron chi connectivity index (χ0n) is 12.3. The largest absolute Gasteiger partial charge is 0.373 e. The first-order valence-electron chi connectivity index (χ1n) is 7.00. The average Bonchev–Trinajstić information content (AvgIpc) is 3.23. The van der Waals surface area contributed by atoms with Crippen molar-refractivity contribution in [2.75, 3.05) is 12.4 Å². The Labute approximate surface area is 126 Å². The van der Waals surface area contributed by atoms with Gasteiger partial charge >= 0.3 is 5.69 Å². The van der Waals surface area contributed by atoms with E-state index in [-0.39, 0.29) is 17.6 Å². The predicted octanol–water partition coefficient (Wildman–Crippen LogP) is 2.01. The minimum atomic E-state index is -0.146. The molecular weight excluding hydrogens is 288 g/mol. The minimum Gasteiger partial charge on any atom is -0.373 e. The second-order valence-electron chi connectivity index (χ2n) is 5.37. The lowest BCUT2D eigenvalue weighted by Gasteiger charge is -2.09. The topological polar surface area (TPSA) is 88.5 Å². The third-order valence-electron chi connectivity index (χ3n) is 3.27. The van der Waals surface area contributed by atoms with Crippen molar-refractivity contribution in [3.63, 3.8) is 0 Å². The molecule has 3 rings (SSSR count). The molecule has 0 bridgehead atoms. The van der Waals surface area contributed by atoms with Crippen molar-refractivity contribution >= 4 is 17.6 Å². The van der Waals surface area contributed by atoms with Crippen molar-refractivity contribution in [3.8, 4) is 0 Å². The molecule has 2 heterocycles. The highest BCUT2D eigenvalue weighted by Crippen LogP contribution is 2.37. The van der Waals surface area contributed by atoms with Crippen LogP contribution in [0.15, 0.2) is 21.0 Å². The van der Waals surface area contributed by atoms with E-state index in [9.17, 15) is 4.79 Å². The van der Waals surface area contributed by atoms with Gasteiger partial charge in [0.2, 0.25) is 0 Å². The number of nitrogens with zero attached hydrogens (tertiary/aromatic N) is 4. The van der Waals surface area contributed by atoms with E-state index in [0.717, 1.165) is 29.5 Å². The van der Waals surface area contributed by atoms with Gasteiger partial charge in [0.25, 0.3) is 0 Å². The van der Waals surface area contributed by atoms with E-state index in [4.69, 9.17) is 0 Å². The molecule has 2 N–H and O–H groups in total. The first-order valence-corrected chi connectivity index (χ1v) is 7.81. The molecule has 7 nitrogen and oxygen atoms in total. The van der Waals surface area contributed by atoms with Crippen LogP contribution in [0.25, 0.3) is 0 Å².